The number of hydrogen-bond donors (Lipinski definition) is 0. The highest BCUT2D eigenvalue weighted by molar-refractivity contribution is 7.89. The number of carbonyl (C=O) groups is 2. The monoisotopic (exact) mass is 417 g/mol. The highest BCUT2D eigenvalue weighted by Crippen LogP contribution is 2.22. The molecule has 7 nitrogen and oxygen atoms in total. The van der Waals surface area contributed by atoms with Crippen molar-refractivity contribution in [2.24, 2.45) is 0 Å². The summed E-state index contributed by atoms with van der Waals surface area (Å²) in [5.74, 6) is -1.11. The number of carbonyl (C=O) groups excluding carboxylic acids is 2. The van der Waals surface area contributed by atoms with Gasteiger partial charge >= 0.3 is 11.9 Å². The number of piperidine rings is 1. The van der Waals surface area contributed by atoms with Gasteiger partial charge in [0.05, 0.1) is 23.1 Å². The number of rotatable bonds is 6. The lowest BCUT2D eigenvalue weighted by molar-refractivity contribution is 0.0472. The first-order chi connectivity index (χ1) is 13.9. The van der Waals surface area contributed by atoms with Gasteiger partial charge in [0.15, 0.2) is 0 Å². The van der Waals surface area contributed by atoms with E-state index < -0.39 is 22.0 Å². The molecule has 0 bridgehead atoms. The molecule has 0 unspecified atom stereocenters. The first-order valence-corrected chi connectivity index (χ1v) is 10.8. The van der Waals surface area contributed by atoms with Crippen molar-refractivity contribution >= 4 is 22.0 Å². The number of esters is 2. The lowest BCUT2D eigenvalue weighted by Crippen LogP contribution is -2.35. The Hall–Kier alpha value is -2.71. The second-order valence-corrected chi connectivity index (χ2v) is 8.70. The Balaban J connectivity index is 1.70. The topological polar surface area (TPSA) is 90.0 Å². The van der Waals surface area contributed by atoms with Gasteiger partial charge in [-0.1, -0.05) is 24.6 Å². The highest BCUT2D eigenvalue weighted by atomic mass is 32.2. The molecule has 8 heteroatoms. The molecule has 1 aliphatic rings. The Labute approximate surface area is 170 Å². The van der Waals surface area contributed by atoms with E-state index in [0.29, 0.717) is 24.2 Å². The number of methoxy groups -OCH3 is 1. The molecule has 0 radical (unpaired) electrons. The van der Waals surface area contributed by atoms with Crippen LogP contribution in [0.1, 0.15) is 45.5 Å². The van der Waals surface area contributed by atoms with Crippen molar-refractivity contribution in [3.8, 4) is 0 Å². The quantitative estimate of drug-likeness (QED) is 0.671. The van der Waals surface area contributed by atoms with E-state index in [2.05, 4.69) is 4.74 Å². The summed E-state index contributed by atoms with van der Waals surface area (Å²) in [5, 5.41) is 0. The Kier molecular flexibility index (Phi) is 6.66. The number of ether oxygens (including phenoxy) is 2. The van der Waals surface area contributed by atoms with Gasteiger partial charge in [0, 0.05) is 13.1 Å². The molecule has 0 saturated carbocycles. The fourth-order valence-electron chi connectivity index (χ4n) is 3.18. The molecule has 0 atom stereocenters. The average molecular weight is 417 g/mol. The van der Waals surface area contributed by atoms with Crippen molar-refractivity contribution in [3.63, 3.8) is 0 Å². The van der Waals surface area contributed by atoms with Gasteiger partial charge in [-0.05, 0) is 48.7 Å². The van der Waals surface area contributed by atoms with Crippen LogP contribution < -0.4 is 0 Å². The maximum absolute atomic E-state index is 12.8. The van der Waals surface area contributed by atoms with Crippen molar-refractivity contribution in [1.82, 2.24) is 4.31 Å². The van der Waals surface area contributed by atoms with Crippen LogP contribution in [-0.4, -0.2) is 44.9 Å². The van der Waals surface area contributed by atoms with Crippen molar-refractivity contribution in [2.75, 3.05) is 20.2 Å². The first kappa shape index (κ1) is 21.0. The van der Waals surface area contributed by atoms with Crippen molar-refractivity contribution in [2.45, 2.75) is 30.8 Å². The molecule has 2 aromatic carbocycles. The van der Waals surface area contributed by atoms with Crippen LogP contribution >= 0.6 is 0 Å². The molecule has 0 spiro atoms. The van der Waals surface area contributed by atoms with Crippen LogP contribution in [0.2, 0.25) is 0 Å². The molecule has 29 heavy (non-hydrogen) atoms. The van der Waals surface area contributed by atoms with E-state index in [1.54, 1.807) is 24.3 Å². The zero-order chi connectivity index (χ0) is 20.9. The maximum Gasteiger partial charge on any atom is 0.338 e. The van der Waals surface area contributed by atoms with E-state index in [9.17, 15) is 18.0 Å². The normalized spacial score (nSPS) is 14.9. The van der Waals surface area contributed by atoms with E-state index >= 15 is 0 Å². The molecule has 1 saturated heterocycles. The van der Waals surface area contributed by atoms with E-state index in [1.807, 2.05) is 0 Å². The fourth-order valence-corrected chi connectivity index (χ4v) is 4.74. The lowest BCUT2D eigenvalue weighted by Gasteiger charge is -2.25. The Bertz CT molecular complexity index is 996. The van der Waals surface area contributed by atoms with Crippen molar-refractivity contribution in [1.29, 1.82) is 0 Å². The van der Waals surface area contributed by atoms with Gasteiger partial charge in [0.2, 0.25) is 10.0 Å². The number of hydrogen-bond acceptors (Lipinski definition) is 6. The summed E-state index contributed by atoms with van der Waals surface area (Å²) in [6.07, 6.45) is 2.70. The standard InChI is InChI=1S/C21H23NO6S/c1-27-20(23)17-8-5-7-16(13-17)15-28-21(24)18-9-6-10-19(14-18)29(25,26)22-11-3-2-4-12-22/h5-10,13-14H,2-4,11-12,15H2,1H3. The Morgan fingerprint density at radius 3 is 2.28 bits per heavy atom. The summed E-state index contributed by atoms with van der Waals surface area (Å²) >= 11 is 0. The van der Waals surface area contributed by atoms with E-state index in [0.717, 1.165) is 19.3 Å². The Morgan fingerprint density at radius 2 is 1.59 bits per heavy atom. The molecule has 154 valence electrons. The zero-order valence-electron chi connectivity index (χ0n) is 16.2. The molecular formula is C21H23NO6S. The predicted molar refractivity (Wildman–Crippen MR) is 106 cm³/mol. The number of benzene rings is 2. The third-order valence-corrected chi connectivity index (χ3v) is 6.64. The summed E-state index contributed by atoms with van der Waals surface area (Å²) in [6, 6.07) is 12.5. The average Bonchev–Trinajstić information content (AvgIpc) is 2.77. The number of nitrogens with zero attached hydrogens (tertiary/aromatic N) is 1. The van der Waals surface area contributed by atoms with E-state index in [1.165, 1.54) is 35.7 Å². The van der Waals surface area contributed by atoms with Crippen molar-refractivity contribution in [3.05, 3.63) is 65.2 Å². The molecule has 1 aliphatic heterocycles. The first-order valence-electron chi connectivity index (χ1n) is 9.36. The van der Waals surface area contributed by atoms with Crippen LogP contribution in [-0.2, 0) is 26.1 Å². The minimum absolute atomic E-state index is 0.0488. The molecule has 1 heterocycles. The molecular weight excluding hydrogens is 394 g/mol. The molecule has 2 aromatic rings. The number of sulfonamides is 1. The summed E-state index contributed by atoms with van der Waals surface area (Å²) in [4.78, 5) is 24.1. The largest absolute Gasteiger partial charge is 0.465 e. The van der Waals surface area contributed by atoms with Gasteiger partial charge in [-0.2, -0.15) is 4.31 Å². The zero-order valence-corrected chi connectivity index (χ0v) is 17.0. The van der Waals surface area contributed by atoms with Crippen LogP contribution in [0.3, 0.4) is 0 Å². The summed E-state index contributed by atoms with van der Waals surface area (Å²) in [7, 11) is -2.34. The van der Waals surface area contributed by atoms with Gasteiger partial charge in [0.1, 0.15) is 6.61 Å². The second-order valence-electron chi connectivity index (χ2n) is 6.76. The van der Waals surface area contributed by atoms with Crippen LogP contribution in [0.4, 0.5) is 0 Å². The van der Waals surface area contributed by atoms with Crippen molar-refractivity contribution < 1.29 is 27.5 Å². The SMILES string of the molecule is COC(=O)c1cccc(COC(=O)c2cccc(S(=O)(=O)N3CCCCC3)c2)c1. The summed E-state index contributed by atoms with van der Waals surface area (Å²) < 4.78 is 37.0. The minimum Gasteiger partial charge on any atom is -0.465 e. The molecule has 0 aromatic heterocycles. The Morgan fingerprint density at radius 1 is 0.931 bits per heavy atom. The molecule has 0 N–H and O–H groups in total. The van der Waals surface area contributed by atoms with Crippen LogP contribution in [0, 0.1) is 0 Å². The van der Waals surface area contributed by atoms with Crippen LogP contribution in [0.15, 0.2) is 53.4 Å². The van der Waals surface area contributed by atoms with Gasteiger partial charge < -0.3 is 9.47 Å². The summed E-state index contributed by atoms with van der Waals surface area (Å²) in [5.41, 5.74) is 1.14. The maximum atomic E-state index is 12.8. The predicted octanol–water partition coefficient (Wildman–Crippen LogP) is 3.00. The fraction of sp³-hybridized carbons (Fsp3) is 0.333. The lowest BCUT2D eigenvalue weighted by atomic mass is 10.1. The third-order valence-electron chi connectivity index (χ3n) is 4.74. The van der Waals surface area contributed by atoms with Gasteiger partial charge in [-0.15, -0.1) is 0 Å². The van der Waals surface area contributed by atoms with Gasteiger partial charge in [-0.3, -0.25) is 0 Å². The molecule has 1 fully saturated rings. The van der Waals surface area contributed by atoms with Gasteiger partial charge in [-0.25, -0.2) is 18.0 Å². The van der Waals surface area contributed by atoms with Gasteiger partial charge in [0.25, 0.3) is 0 Å². The summed E-state index contributed by atoms with van der Waals surface area (Å²) in [6.45, 7) is 0.938. The molecule has 0 aliphatic carbocycles. The minimum atomic E-state index is -3.63. The highest BCUT2D eigenvalue weighted by Gasteiger charge is 2.26. The second kappa shape index (κ2) is 9.19. The third kappa shape index (κ3) is 5.02. The van der Waals surface area contributed by atoms with Crippen LogP contribution in [0.25, 0.3) is 0 Å². The van der Waals surface area contributed by atoms with E-state index in [-0.39, 0.29) is 17.1 Å². The van der Waals surface area contributed by atoms with Crippen LogP contribution in [0.5, 0.6) is 0 Å². The smallest absolute Gasteiger partial charge is 0.338 e. The molecule has 0 amide bonds. The molecule has 3 rings (SSSR count). The van der Waals surface area contributed by atoms with E-state index in [4.69, 9.17) is 4.74 Å².